The minimum atomic E-state index is -0.943. The lowest BCUT2D eigenvalue weighted by molar-refractivity contribution is 0.0368. The van der Waals surface area contributed by atoms with Gasteiger partial charge in [0.15, 0.2) is 0 Å². The van der Waals surface area contributed by atoms with E-state index in [4.69, 9.17) is 10.00 Å². The zero-order chi connectivity index (χ0) is 18.4. The Balaban J connectivity index is 2.00. The smallest absolute Gasteiger partial charge is 0.253 e. The first kappa shape index (κ1) is 18.5. The van der Waals surface area contributed by atoms with Crippen LogP contribution in [0.5, 0.6) is 5.75 Å². The molecule has 0 radical (unpaired) electrons. The van der Waals surface area contributed by atoms with Crippen molar-refractivity contribution >= 4 is 5.91 Å². The van der Waals surface area contributed by atoms with Crippen LogP contribution in [0.4, 0.5) is 0 Å². The molecule has 0 heterocycles. The van der Waals surface area contributed by atoms with E-state index in [1.54, 1.807) is 51.2 Å². The second-order valence-corrected chi connectivity index (χ2v) is 6.56. The second kappa shape index (κ2) is 7.82. The molecule has 2 aromatic carbocycles. The van der Waals surface area contributed by atoms with E-state index >= 15 is 0 Å². The van der Waals surface area contributed by atoms with Gasteiger partial charge >= 0.3 is 0 Å². The largest absolute Gasteiger partial charge is 0.489 e. The third-order valence-electron chi connectivity index (χ3n) is 3.60. The molecule has 0 spiro atoms. The zero-order valence-corrected chi connectivity index (χ0v) is 14.7. The van der Waals surface area contributed by atoms with E-state index in [0.29, 0.717) is 16.9 Å². The molecule has 0 fully saturated rings. The molecule has 2 rings (SSSR count). The van der Waals surface area contributed by atoms with Gasteiger partial charge in [-0.05, 0) is 44.2 Å². The molecule has 0 saturated carbocycles. The van der Waals surface area contributed by atoms with Crippen LogP contribution in [-0.2, 0) is 6.61 Å². The lowest BCUT2D eigenvalue weighted by Crippen LogP contribution is -2.39. The maximum atomic E-state index is 12.3. The quantitative estimate of drug-likeness (QED) is 0.879. The van der Waals surface area contributed by atoms with Gasteiger partial charge in [0.2, 0.25) is 0 Å². The normalized spacial score (nSPS) is 10.8. The SMILES string of the molecule is CN(CC(C)(C)O)C(=O)c1ccc(OCc2ccccc2C#N)cc1. The number of nitrogens with zero attached hydrogens (tertiary/aromatic N) is 2. The molecule has 1 amide bonds. The average molecular weight is 338 g/mol. The highest BCUT2D eigenvalue weighted by atomic mass is 16.5. The number of carbonyl (C=O) groups excluding carboxylic acids is 1. The van der Waals surface area contributed by atoms with Gasteiger partial charge in [-0.1, -0.05) is 18.2 Å². The van der Waals surface area contributed by atoms with E-state index in [1.165, 1.54) is 4.90 Å². The van der Waals surface area contributed by atoms with Gasteiger partial charge in [0.1, 0.15) is 12.4 Å². The topological polar surface area (TPSA) is 73.6 Å². The summed E-state index contributed by atoms with van der Waals surface area (Å²) < 4.78 is 5.69. The number of rotatable bonds is 6. The van der Waals surface area contributed by atoms with Crippen LogP contribution in [0.1, 0.15) is 35.3 Å². The van der Waals surface area contributed by atoms with Crippen LogP contribution < -0.4 is 4.74 Å². The summed E-state index contributed by atoms with van der Waals surface area (Å²) in [6.07, 6.45) is 0. The van der Waals surface area contributed by atoms with Crippen LogP contribution in [0.2, 0.25) is 0 Å². The van der Waals surface area contributed by atoms with Crippen molar-refractivity contribution in [2.24, 2.45) is 0 Å². The Morgan fingerprint density at radius 3 is 2.44 bits per heavy atom. The molecule has 1 N–H and O–H groups in total. The van der Waals surface area contributed by atoms with E-state index in [2.05, 4.69) is 6.07 Å². The summed E-state index contributed by atoms with van der Waals surface area (Å²) in [5, 5.41) is 18.9. The molecule has 0 unspecified atom stereocenters. The van der Waals surface area contributed by atoms with Gasteiger partial charge in [-0.15, -0.1) is 0 Å². The fourth-order valence-corrected chi connectivity index (χ4v) is 2.48. The number of carbonyl (C=O) groups is 1. The molecule has 25 heavy (non-hydrogen) atoms. The monoisotopic (exact) mass is 338 g/mol. The van der Waals surface area contributed by atoms with E-state index in [9.17, 15) is 9.90 Å². The van der Waals surface area contributed by atoms with Crippen molar-refractivity contribution in [1.29, 1.82) is 5.26 Å². The lowest BCUT2D eigenvalue weighted by Gasteiger charge is -2.25. The van der Waals surface area contributed by atoms with Crippen molar-refractivity contribution in [2.45, 2.75) is 26.1 Å². The average Bonchev–Trinajstić information content (AvgIpc) is 2.58. The number of hydrogen-bond acceptors (Lipinski definition) is 4. The minimum absolute atomic E-state index is 0.163. The first-order valence-electron chi connectivity index (χ1n) is 7.99. The Bertz CT molecular complexity index is 771. The summed E-state index contributed by atoms with van der Waals surface area (Å²) in [5.41, 5.74) is 0.982. The molecule has 0 saturated heterocycles. The van der Waals surface area contributed by atoms with Gasteiger partial charge in [-0.2, -0.15) is 5.26 Å². The number of aliphatic hydroxyl groups is 1. The summed E-state index contributed by atoms with van der Waals surface area (Å²) in [7, 11) is 1.66. The number of hydrogen-bond donors (Lipinski definition) is 1. The summed E-state index contributed by atoms with van der Waals surface area (Å²) in [5.74, 6) is 0.456. The third-order valence-corrected chi connectivity index (χ3v) is 3.60. The molecule has 5 heteroatoms. The van der Waals surface area contributed by atoms with Crippen molar-refractivity contribution in [1.82, 2.24) is 4.90 Å². The number of ether oxygens (including phenoxy) is 1. The Morgan fingerprint density at radius 2 is 1.84 bits per heavy atom. The summed E-state index contributed by atoms with van der Waals surface area (Å²) in [6.45, 7) is 3.85. The maximum Gasteiger partial charge on any atom is 0.253 e. The first-order valence-corrected chi connectivity index (χ1v) is 7.99. The molecular weight excluding hydrogens is 316 g/mol. The van der Waals surface area contributed by atoms with Gasteiger partial charge in [-0.3, -0.25) is 4.79 Å². The van der Waals surface area contributed by atoms with Crippen LogP contribution in [0, 0.1) is 11.3 Å². The highest BCUT2D eigenvalue weighted by Crippen LogP contribution is 2.17. The van der Waals surface area contributed by atoms with Crippen molar-refractivity contribution in [2.75, 3.05) is 13.6 Å². The lowest BCUT2D eigenvalue weighted by atomic mass is 10.1. The highest BCUT2D eigenvalue weighted by Gasteiger charge is 2.20. The summed E-state index contributed by atoms with van der Waals surface area (Å²) in [6, 6.07) is 16.2. The zero-order valence-electron chi connectivity index (χ0n) is 14.7. The van der Waals surface area contributed by atoms with Gasteiger partial charge in [-0.25, -0.2) is 0 Å². The molecule has 130 valence electrons. The van der Waals surface area contributed by atoms with E-state index in [-0.39, 0.29) is 19.1 Å². The molecular formula is C20H22N2O3. The molecule has 0 aliphatic heterocycles. The van der Waals surface area contributed by atoms with Crippen LogP contribution in [0.15, 0.2) is 48.5 Å². The van der Waals surface area contributed by atoms with Crippen LogP contribution in [0.25, 0.3) is 0 Å². The number of likely N-dealkylation sites (N-methyl/N-ethyl adjacent to an activating group) is 1. The number of nitriles is 1. The Kier molecular flexibility index (Phi) is 5.79. The molecule has 0 bridgehead atoms. The molecule has 0 aliphatic carbocycles. The van der Waals surface area contributed by atoms with E-state index in [0.717, 1.165) is 5.56 Å². The summed E-state index contributed by atoms with van der Waals surface area (Å²) >= 11 is 0. The Labute approximate surface area is 148 Å². The molecule has 0 atom stereocenters. The maximum absolute atomic E-state index is 12.3. The highest BCUT2D eigenvalue weighted by molar-refractivity contribution is 5.94. The predicted octanol–water partition coefficient (Wildman–Crippen LogP) is 2.98. The second-order valence-electron chi connectivity index (χ2n) is 6.56. The van der Waals surface area contributed by atoms with Crippen molar-refractivity contribution in [3.8, 4) is 11.8 Å². The first-order chi connectivity index (χ1) is 11.8. The van der Waals surface area contributed by atoms with Gasteiger partial charge in [0.25, 0.3) is 5.91 Å². The molecule has 2 aromatic rings. The number of benzene rings is 2. The van der Waals surface area contributed by atoms with Crippen molar-refractivity contribution in [3.05, 3.63) is 65.2 Å². The van der Waals surface area contributed by atoms with E-state index in [1.807, 2.05) is 18.2 Å². The fourth-order valence-electron chi connectivity index (χ4n) is 2.48. The van der Waals surface area contributed by atoms with Gasteiger partial charge in [0.05, 0.1) is 17.2 Å². The van der Waals surface area contributed by atoms with E-state index < -0.39 is 5.60 Å². The minimum Gasteiger partial charge on any atom is -0.489 e. The predicted molar refractivity (Wildman–Crippen MR) is 95.2 cm³/mol. The number of amides is 1. The fraction of sp³-hybridized carbons (Fsp3) is 0.300. The standard InChI is InChI=1S/C20H22N2O3/c1-20(2,24)14-22(3)19(23)15-8-10-18(11-9-15)25-13-17-7-5-4-6-16(17)12-21/h4-11,24H,13-14H2,1-3H3. The van der Waals surface area contributed by atoms with Gasteiger partial charge in [0, 0.05) is 24.7 Å². The van der Waals surface area contributed by atoms with Crippen LogP contribution in [-0.4, -0.2) is 35.1 Å². The van der Waals surface area contributed by atoms with Gasteiger partial charge < -0.3 is 14.7 Å². The molecule has 5 nitrogen and oxygen atoms in total. The third kappa shape index (κ3) is 5.33. The van der Waals surface area contributed by atoms with Crippen LogP contribution >= 0.6 is 0 Å². The Morgan fingerprint density at radius 1 is 1.20 bits per heavy atom. The van der Waals surface area contributed by atoms with Crippen molar-refractivity contribution in [3.63, 3.8) is 0 Å². The Hall–Kier alpha value is -2.84. The summed E-state index contributed by atoms with van der Waals surface area (Å²) in [4.78, 5) is 13.8. The van der Waals surface area contributed by atoms with Crippen molar-refractivity contribution < 1.29 is 14.6 Å². The molecule has 0 aliphatic rings. The molecule has 0 aromatic heterocycles. The van der Waals surface area contributed by atoms with Crippen LogP contribution in [0.3, 0.4) is 0 Å².